The van der Waals surface area contributed by atoms with Crippen molar-refractivity contribution in [2.75, 3.05) is 6.54 Å². The number of aliphatic hydroxyl groups is 1. The molecule has 1 heterocycles. The minimum Gasteiger partial charge on any atom is -0.391 e. The molecule has 0 fully saturated rings. The molecule has 0 aromatic carbocycles. The molecule has 0 spiro atoms. The molecule has 108 valence electrons. The topological polar surface area (TPSA) is 67.2 Å². The molecule has 2 N–H and O–H groups in total. The van der Waals surface area contributed by atoms with Gasteiger partial charge in [0.2, 0.25) is 5.91 Å². The number of aryl methyl sites for hydroxylation is 3. The summed E-state index contributed by atoms with van der Waals surface area (Å²) in [6.45, 7) is 6.38. The van der Waals surface area contributed by atoms with Gasteiger partial charge in [-0.1, -0.05) is 13.8 Å². The van der Waals surface area contributed by atoms with Gasteiger partial charge in [-0.05, 0) is 31.2 Å². The first kappa shape index (κ1) is 15.7. The highest BCUT2D eigenvalue weighted by atomic mass is 16.3. The van der Waals surface area contributed by atoms with Crippen molar-refractivity contribution in [3.8, 4) is 0 Å². The van der Waals surface area contributed by atoms with Crippen LogP contribution in [0.1, 0.15) is 37.9 Å². The van der Waals surface area contributed by atoms with E-state index >= 15 is 0 Å². The number of carbonyl (C=O) groups is 1. The van der Waals surface area contributed by atoms with Crippen LogP contribution in [-0.2, 0) is 18.3 Å². The van der Waals surface area contributed by atoms with E-state index in [1.807, 2.05) is 20.2 Å². The standard InChI is InChI=1S/C14H25N3O2/c1-10(2)7-13(18)8-15-14(19)6-5-12-9-17(4)16-11(12)3/h9-10,13,18H,5-8H2,1-4H3,(H,15,19). The second-order valence-corrected chi connectivity index (χ2v) is 5.50. The SMILES string of the molecule is Cc1nn(C)cc1CCC(=O)NCC(O)CC(C)C. The smallest absolute Gasteiger partial charge is 0.220 e. The third-order valence-electron chi connectivity index (χ3n) is 3.01. The van der Waals surface area contributed by atoms with Crippen LogP contribution in [0.25, 0.3) is 0 Å². The van der Waals surface area contributed by atoms with Gasteiger partial charge in [0.25, 0.3) is 0 Å². The Balaban J connectivity index is 2.26. The fourth-order valence-electron chi connectivity index (χ4n) is 2.09. The van der Waals surface area contributed by atoms with Gasteiger partial charge in [-0.25, -0.2) is 0 Å². The van der Waals surface area contributed by atoms with Crippen molar-refractivity contribution in [3.05, 3.63) is 17.5 Å². The van der Waals surface area contributed by atoms with Gasteiger partial charge in [-0.3, -0.25) is 9.48 Å². The summed E-state index contributed by atoms with van der Waals surface area (Å²) in [5.41, 5.74) is 2.07. The molecule has 0 saturated carbocycles. The van der Waals surface area contributed by atoms with E-state index in [1.54, 1.807) is 4.68 Å². The summed E-state index contributed by atoms with van der Waals surface area (Å²) in [7, 11) is 1.87. The maximum Gasteiger partial charge on any atom is 0.220 e. The molecule has 1 rings (SSSR count). The predicted octanol–water partition coefficient (Wildman–Crippen LogP) is 1.18. The van der Waals surface area contributed by atoms with E-state index in [9.17, 15) is 9.90 Å². The van der Waals surface area contributed by atoms with E-state index in [2.05, 4.69) is 24.3 Å². The molecule has 5 nitrogen and oxygen atoms in total. The van der Waals surface area contributed by atoms with Crippen LogP contribution >= 0.6 is 0 Å². The Bertz CT molecular complexity index is 413. The van der Waals surface area contributed by atoms with Crippen LogP contribution in [0.3, 0.4) is 0 Å². The van der Waals surface area contributed by atoms with Crippen molar-refractivity contribution in [2.45, 2.75) is 46.1 Å². The van der Waals surface area contributed by atoms with Crippen LogP contribution in [0.2, 0.25) is 0 Å². The number of aromatic nitrogens is 2. The maximum absolute atomic E-state index is 11.7. The van der Waals surface area contributed by atoms with Gasteiger partial charge < -0.3 is 10.4 Å². The molecular weight excluding hydrogens is 242 g/mol. The molecular formula is C14H25N3O2. The van der Waals surface area contributed by atoms with E-state index < -0.39 is 6.10 Å². The monoisotopic (exact) mass is 267 g/mol. The number of hydrogen-bond acceptors (Lipinski definition) is 3. The van der Waals surface area contributed by atoms with E-state index in [4.69, 9.17) is 0 Å². The fourth-order valence-corrected chi connectivity index (χ4v) is 2.09. The van der Waals surface area contributed by atoms with E-state index in [1.165, 1.54) is 0 Å². The lowest BCUT2D eigenvalue weighted by Gasteiger charge is -2.13. The first-order chi connectivity index (χ1) is 8.88. The van der Waals surface area contributed by atoms with Crippen LogP contribution in [-0.4, -0.2) is 33.4 Å². The van der Waals surface area contributed by atoms with Crippen molar-refractivity contribution in [3.63, 3.8) is 0 Å². The highest BCUT2D eigenvalue weighted by Crippen LogP contribution is 2.07. The number of nitrogens with zero attached hydrogens (tertiary/aromatic N) is 2. The molecule has 1 aromatic heterocycles. The van der Waals surface area contributed by atoms with Gasteiger partial charge in [0.05, 0.1) is 11.8 Å². The summed E-state index contributed by atoms with van der Waals surface area (Å²) in [4.78, 5) is 11.7. The molecule has 1 unspecified atom stereocenters. The quantitative estimate of drug-likeness (QED) is 0.779. The lowest BCUT2D eigenvalue weighted by Crippen LogP contribution is -2.32. The molecule has 19 heavy (non-hydrogen) atoms. The molecule has 1 aromatic rings. The number of hydrogen-bond donors (Lipinski definition) is 2. The summed E-state index contributed by atoms with van der Waals surface area (Å²) >= 11 is 0. The van der Waals surface area contributed by atoms with Gasteiger partial charge in [-0.15, -0.1) is 0 Å². The second-order valence-electron chi connectivity index (χ2n) is 5.50. The van der Waals surface area contributed by atoms with Crippen molar-refractivity contribution in [1.29, 1.82) is 0 Å². The Morgan fingerprint density at radius 1 is 1.53 bits per heavy atom. The zero-order chi connectivity index (χ0) is 14.4. The molecule has 0 radical (unpaired) electrons. The fraction of sp³-hybridized carbons (Fsp3) is 0.714. The van der Waals surface area contributed by atoms with Crippen LogP contribution in [0.5, 0.6) is 0 Å². The number of rotatable bonds is 7. The second kappa shape index (κ2) is 7.28. The van der Waals surface area contributed by atoms with Gasteiger partial charge in [0.15, 0.2) is 0 Å². The third-order valence-corrected chi connectivity index (χ3v) is 3.01. The Morgan fingerprint density at radius 3 is 2.74 bits per heavy atom. The first-order valence-corrected chi connectivity index (χ1v) is 6.82. The molecule has 0 aliphatic rings. The predicted molar refractivity (Wildman–Crippen MR) is 74.7 cm³/mol. The molecule has 0 aliphatic carbocycles. The highest BCUT2D eigenvalue weighted by molar-refractivity contribution is 5.76. The minimum absolute atomic E-state index is 0.0222. The zero-order valence-electron chi connectivity index (χ0n) is 12.3. The summed E-state index contributed by atoms with van der Waals surface area (Å²) in [6, 6.07) is 0. The van der Waals surface area contributed by atoms with Gasteiger partial charge in [0, 0.05) is 26.2 Å². The number of amides is 1. The minimum atomic E-state index is -0.455. The number of aliphatic hydroxyl groups excluding tert-OH is 1. The van der Waals surface area contributed by atoms with Crippen LogP contribution in [0, 0.1) is 12.8 Å². The molecule has 1 atom stereocenters. The van der Waals surface area contributed by atoms with Gasteiger partial charge >= 0.3 is 0 Å². The third kappa shape index (κ3) is 5.87. The molecule has 1 amide bonds. The average Bonchev–Trinajstić information content (AvgIpc) is 2.61. The van der Waals surface area contributed by atoms with Crippen molar-refractivity contribution in [1.82, 2.24) is 15.1 Å². The van der Waals surface area contributed by atoms with Crippen molar-refractivity contribution < 1.29 is 9.90 Å². The van der Waals surface area contributed by atoms with Crippen molar-refractivity contribution in [2.24, 2.45) is 13.0 Å². The van der Waals surface area contributed by atoms with Gasteiger partial charge in [0.1, 0.15) is 0 Å². The zero-order valence-corrected chi connectivity index (χ0v) is 12.3. The Morgan fingerprint density at radius 2 is 2.21 bits per heavy atom. The van der Waals surface area contributed by atoms with Crippen LogP contribution in [0.4, 0.5) is 0 Å². The molecule has 0 bridgehead atoms. The number of nitrogens with one attached hydrogen (secondary N) is 1. The Labute approximate surface area is 115 Å². The lowest BCUT2D eigenvalue weighted by atomic mass is 10.1. The largest absolute Gasteiger partial charge is 0.391 e. The first-order valence-electron chi connectivity index (χ1n) is 6.82. The van der Waals surface area contributed by atoms with Crippen LogP contribution < -0.4 is 5.32 Å². The van der Waals surface area contributed by atoms with Crippen molar-refractivity contribution >= 4 is 5.91 Å². The van der Waals surface area contributed by atoms with E-state index in [0.29, 0.717) is 31.7 Å². The number of carbonyl (C=O) groups excluding carboxylic acids is 1. The highest BCUT2D eigenvalue weighted by Gasteiger charge is 2.10. The average molecular weight is 267 g/mol. The normalized spacial score (nSPS) is 12.7. The molecule has 0 saturated heterocycles. The van der Waals surface area contributed by atoms with E-state index in [-0.39, 0.29) is 5.91 Å². The summed E-state index contributed by atoms with van der Waals surface area (Å²) in [6.07, 6.45) is 3.31. The summed E-state index contributed by atoms with van der Waals surface area (Å²) < 4.78 is 1.76. The van der Waals surface area contributed by atoms with E-state index in [0.717, 1.165) is 11.3 Å². The molecule has 5 heteroatoms. The Kier molecular flexibility index (Phi) is 6.02. The Hall–Kier alpha value is -1.36. The van der Waals surface area contributed by atoms with Crippen LogP contribution in [0.15, 0.2) is 6.20 Å². The van der Waals surface area contributed by atoms with Gasteiger partial charge in [-0.2, -0.15) is 5.10 Å². The summed E-state index contributed by atoms with van der Waals surface area (Å²) in [5, 5.41) is 16.7. The molecule has 0 aliphatic heterocycles. The summed E-state index contributed by atoms with van der Waals surface area (Å²) in [5.74, 6) is 0.413. The lowest BCUT2D eigenvalue weighted by molar-refractivity contribution is -0.121. The maximum atomic E-state index is 11.7.